The van der Waals surface area contributed by atoms with Crippen LogP contribution in [-0.2, 0) is 10.2 Å². The molecule has 0 aliphatic heterocycles. The van der Waals surface area contributed by atoms with E-state index in [1.54, 1.807) is 0 Å². The number of carbonyl (C=O) groups is 1. The third-order valence-corrected chi connectivity index (χ3v) is 3.66. The third kappa shape index (κ3) is 4.10. The van der Waals surface area contributed by atoms with Gasteiger partial charge in [-0.3, -0.25) is 4.79 Å². The zero-order valence-electron chi connectivity index (χ0n) is 11.2. The average Bonchev–Trinajstić information content (AvgIpc) is 2.35. The van der Waals surface area contributed by atoms with Crippen molar-refractivity contribution in [3.8, 4) is 0 Å². The molecule has 1 amide bonds. The SMILES string of the molecule is CC(CN)C(=O)NCC(C)(C)c1ccc(Br)cc1. The van der Waals surface area contributed by atoms with Gasteiger partial charge in [-0.2, -0.15) is 0 Å². The Balaban J connectivity index is 2.65. The maximum absolute atomic E-state index is 11.7. The van der Waals surface area contributed by atoms with Crippen LogP contribution in [0.1, 0.15) is 26.3 Å². The molecule has 0 heterocycles. The van der Waals surface area contributed by atoms with Gasteiger partial charge in [0, 0.05) is 28.9 Å². The number of hydrogen-bond acceptors (Lipinski definition) is 2. The number of halogens is 1. The molecule has 0 spiro atoms. The van der Waals surface area contributed by atoms with Gasteiger partial charge in [-0.05, 0) is 17.7 Å². The van der Waals surface area contributed by atoms with Crippen molar-refractivity contribution in [2.24, 2.45) is 11.7 Å². The Morgan fingerprint density at radius 2 is 1.94 bits per heavy atom. The molecule has 0 radical (unpaired) electrons. The summed E-state index contributed by atoms with van der Waals surface area (Å²) in [6, 6.07) is 8.17. The second-order valence-electron chi connectivity index (χ2n) is 5.25. The topological polar surface area (TPSA) is 55.1 Å². The first kappa shape index (κ1) is 15.2. The molecule has 3 nitrogen and oxygen atoms in total. The number of nitrogens with two attached hydrogens (primary N) is 1. The van der Waals surface area contributed by atoms with Crippen molar-refractivity contribution in [2.45, 2.75) is 26.2 Å². The van der Waals surface area contributed by atoms with Gasteiger partial charge in [0.1, 0.15) is 0 Å². The molecule has 1 atom stereocenters. The molecule has 1 aromatic rings. The number of amides is 1. The summed E-state index contributed by atoms with van der Waals surface area (Å²) in [4.78, 5) is 11.7. The molecular weight excluding hydrogens is 292 g/mol. The lowest BCUT2D eigenvalue weighted by molar-refractivity contribution is -0.124. The molecule has 0 aromatic heterocycles. The number of rotatable bonds is 5. The van der Waals surface area contributed by atoms with Gasteiger partial charge >= 0.3 is 0 Å². The minimum absolute atomic E-state index is 0.0164. The van der Waals surface area contributed by atoms with Crippen molar-refractivity contribution in [1.29, 1.82) is 0 Å². The smallest absolute Gasteiger partial charge is 0.224 e. The number of benzene rings is 1. The minimum atomic E-state index is -0.134. The highest BCUT2D eigenvalue weighted by Gasteiger charge is 2.22. The first-order valence-corrected chi connectivity index (χ1v) is 6.90. The molecule has 0 saturated carbocycles. The monoisotopic (exact) mass is 312 g/mol. The van der Waals surface area contributed by atoms with Gasteiger partial charge in [-0.15, -0.1) is 0 Å². The zero-order valence-corrected chi connectivity index (χ0v) is 12.8. The number of nitrogens with one attached hydrogen (secondary N) is 1. The van der Waals surface area contributed by atoms with E-state index in [1.807, 2.05) is 19.1 Å². The van der Waals surface area contributed by atoms with Crippen molar-refractivity contribution < 1.29 is 4.79 Å². The predicted octanol–water partition coefficient (Wildman–Crippen LogP) is 2.44. The van der Waals surface area contributed by atoms with E-state index in [1.165, 1.54) is 5.56 Å². The van der Waals surface area contributed by atoms with Gasteiger partial charge in [-0.25, -0.2) is 0 Å². The van der Waals surface area contributed by atoms with Crippen LogP contribution < -0.4 is 11.1 Å². The van der Waals surface area contributed by atoms with Crippen molar-refractivity contribution in [1.82, 2.24) is 5.32 Å². The minimum Gasteiger partial charge on any atom is -0.355 e. The maximum atomic E-state index is 11.7. The average molecular weight is 313 g/mol. The Kier molecular flexibility index (Phi) is 5.35. The molecule has 100 valence electrons. The van der Waals surface area contributed by atoms with Crippen molar-refractivity contribution >= 4 is 21.8 Å². The van der Waals surface area contributed by atoms with Crippen LogP contribution in [0.15, 0.2) is 28.7 Å². The van der Waals surface area contributed by atoms with Crippen LogP contribution in [0.5, 0.6) is 0 Å². The molecule has 0 saturated heterocycles. The van der Waals surface area contributed by atoms with E-state index in [9.17, 15) is 4.79 Å². The standard InChI is InChI=1S/C14H21BrN2O/c1-10(8-16)13(18)17-9-14(2,3)11-4-6-12(15)7-5-11/h4-7,10H,8-9,16H2,1-3H3,(H,17,18). The summed E-state index contributed by atoms with van der Waals surface area (Å²) in [7, 11) is 0. The van der Waals surface area contributed by atoms with Gasteiger partial charge in [0.15, 0.2) is 0 Å². The van der Waals surface area contributed by atoms with Gasteiger partial charge < -0.3 is 11.1 Å². The molecule has 1 unspecified atom stereocenters. The Hall–Kier alpha value is -0.870. The fourth-order valence-corrected chi connectivity index (χ4v) is 1.86. The molecule has 1 aromatic carbocycles. The summed E-state index contributed by atoms with van der Waals surface area (Å²) in [5.41, 5.74) is 6.58. The highest BCUT2D eigenvalue weighted by molar-refractivity contribution is 9.10. The molecule has 0 aliphatic carbocycles. The van der Waals surface area contributed by atoms with Crippen LogP contribution in [0.3, 0.4) is 0 Å². The summed E-state index contributed by atoms with van der Waals surface area (Å²) in [5, 5.41) is 2.96. The van der Waals surface area contributed by atoms with Crippen molar-refractivity contribution in [2.75, 3.05) is 13.1 Å². The quantitative estimate of drug-likeness (QED) is 0.877. The van der Waals surface area contributed by atoms with E-state index in [4.69, 9.17) is 5.73 Å². The molecule has 1 rings (SSSR count). The summed E-state index contributed by atoms with van der Waals surface area (Å²) >= 11 is 3.42. The molecular formula is C14H21BrN2O. The molecule has 18 heavy (non-hydrogen) atoms. The molecule has 3 N–H and O–H groups in total. The van der Waals surface area contributed by atoms with Crippen LogP contribution >= 0.6 is 15.9 Å². The van der Waals surface area contributed by atoms with E-state index in [0.717, 1.165) is 4.47 Å². The van der Waals surface area contributed by atoms with E-state index in [2.05, 4.69) is 47.2 Å². The third-order valence-electron chi connectivity index (χ3n) is 3.13. The Labute approximate surface area is 117 Å². The molecule has 0 fully saturated rings. The van der Waals surface area contributed by atoms with Gasteiger partial charge in [0.2, 0.25) is 5.91 Å². The van der Waals surface area contributed by atoms with E-state index >= 15 is 0 Å². The first-order chi connectivity index (χ1) is 8.36. The van der Waals surface area contributed by atoms with Crippen LogP contribution in [0.25, 0.3) is 0 Å². The Morgan fingerprint density at radius 1 is 1.39 bits per heavy atom. The normalized spacial score (nSPS) is 13.2. The van der Waals surface area contributed by atoms with E-state index in [-0.39, 0.29) is 17.2 Å². The second-order valence-corrected chi connectivity index (χ2v) is 6.16. The van der Waals surface area contributed by atoms with Crippen molar-refractivity contribution in [3.05, 3.63) is 34.3 Å². The van der Waals surface area contributed by atoms with Gasteiger partial charge in [0.25, 0.3) is 0 Å². The number of hydrogen-bond donors (Lipinski definition) is 2. The lowest BCUT2D eigenvalue weighted by Gasteiger charge is -2.26. The summed E-state index contributed by atoms with van der Waals surface area (Å²) in [5.74, 6) is -0.117. The highest BCUT2D eigenvalue weighted by Crippen LogP contribution is 2.24. The fourth-order valence-electron chi connectivity index (χ4n) is 1.59. The summed E-state index contributed by atoms with van der Waals surface area (Å²) < 4.78 is 1.06. The summed E-state index contributed by atoms with van der Waals surface area (Å²) in [6.45, 7) is 7.05. The van der Waals surface area contributed by atoms with Crippen LogP contribution in [-0.4, -0.2) is 19.0 Å². The van der Waals surface area contributed by atoms with Crippen LogP contribution in [0.4, 0.5) is 0 Å². The first-order valence-electron chi connectivity index (χ1n) is 6.10. The predicted molar refractivity (Wildman–Crippen MR) is 78.4 cm³/mol. The van der Waals surface area contributed by atoms with Crippen molar-refractivity contribution in [3.63, 3.8) is 0 Å². The fraction of sp³-hybridized carbons (Fsp3) is 0.500. The second kappa shape index (κ2) is 6.34. The Morgan fingerprint density at radius 3 is 2.44 bits per heavy atom. The van der Waals surface area contributed by atoms with E-state index < -0.39 is 0 Å². The molecule has 4 heteroatoms. The maximum Gasteiger partial charge on any atom is 0.224 e. The summed E-state index contributed by atoms with van der Waals surface area (Å²) in [6.07, 6.45) is 0. The Bertz CT molecular complexity index is 401. The van der Waals surface area contributed by atoms with Crippen LogP contribution in [0, 0.1) is 5.92 Å². The lowest BCUT2D eigenvalue weighted by atomic mass is 9.84. The largest absolute Gasteiger partial charge is 0.355 e. The van der Waals surface area contributed by atoms with E-state index in [0.29, 0.717) is 13.1 Å². The molecule has 0 aliphatic rings. The molecule has 0 bridgehead atoms. The zero-order chi connectivity index (χ0) is 13.8. The van der Waals surface area contributed by atoms with Gasteiger partial charge in [-0.1, -0.05) is 48.8 Å². The number of carbonyl (C=O) groups excluding carboxylic acids is 1. The lowest BCUT2D eigenvalue weighted by Crippen LogP contribution is -2.40. The van der Waals surface area contributed by atoms with Crippen LogP contribution in [0.2, 0.25) is 0 Å². The highest BCUT2D eigenvalue weighted by atomic mass is 79.9. The van der Waals surface area contributed by atoms with Gasteiger partial charge in [0.05, 0.1) is 0 Å².